The molecule has 2 aliphatic rings. The van der Waals surface area contributed by atoms with Crippen molar-refractivity contribution in [1.82, 2.24) is 10.3 Å². The lowest BCUT2D eigenvalue weighted by Crippen LogP contribution is -2.26. The number of rotatable bonds is 1. The minimum absolute atomic E-state index is 0.773. The molecule has 0 fully saturated rings. The monoisotopic (exact) mass is 230 g/mol. The Balaban J connectivity index is 1.78. The molecule has 90 valence electrons. The van der Waals surface area contributed by atoms with Crippen molar-refractivity contribution in [1.29, 1.82) is 0 Å². The van der Waals surface area contributed by atoms with Gasteiger partial charge in [0.15, 0.2) is 5.96 Å². The Labute approximate surface area is 102 Å². The highest BCUT2D eigenvalue weighted by Crippen LogP contribution is 2.25. The van der Waals surface area contributed by atoms with Crippen molar-refractivity contribution >= 4 is 11.6 Å². The number of aliphatic imine (C=N–C) groups is 1. The van der Waals surface area contributed by atoms with Crippen LogP contribution in [0.5, 0.6) is 0 Å². The minimum atomic E-state index is 0.773. The number of fused-ring (bicyclic) bond motifs is 1. The lowest BCUT2D eigenvalue weighted by Gasteiger charge is -2.21. The van der Waals surface area contributed by atoms with E-state index in [9.17, 15) is 0 Å². The summed E-state index contributed by atoms with van der Waals surface area (Å²) in [7, 11) is 0. The van der Waals surface area contributed by atoms with Crippen LogP contribution in [0.1, 0.15) is 24.6 Å². The molecule has 1 aliphatic heterocycles. The zero-order valence-electron chi connectivity index (χ0n) is 10.2. The van der Waals surface area contributed by atoms with Gasteiger partial charge in [-0.2, -0.15) is 0 Å². The zero-order valence-corrected chi connectivity index (χ0v) is 10.2. The van der Waals surface area contributed by atoms with Gasteiger partial charge in [-0.25, -0.2) is 0 Å². The van der Waals surface area contributed by atoms with Crippen LogP contribution in [0.15, 0.2) is 17.3 Å². The Bertz CT molecular complexity index is 453. The molecule has 2 heterocycles. The maximum Gasteiger partial charge on any atom is 0.195 e. The predicted molar refractivity (Wildman–Crippen MR) is 69.4 cm³/mol. The summed E-state index contributed by atoms with van der Waals surface area (Å²) in [6, 6.07) is 2.22. The van der Waals surface area contributed by atoms with E-state index in [1.807, 2.05) is 6.20 Å². The first-order chi connectivity index (χ1) is 8.31. The van der Waals surface area contributed by atoms with E-state index in [2.05, 4.69) is 33.6 Å². The van der Waals surface area contributed by atoms with E-state index in [0.717, 1.165) is 43.5 Å². The van der Waals surface area contributed by atoms with Crippen molar-refractivity contribution in [2.45, 2.75) is 26.2 Å². The fourth-order valence-corrected chi connectivity index (χ4v) is 2.46. The van der Waals surface area contributed by atoms with Crippen LogP contribution < -0.4 is 10.6 Å². The molecule has 4 heteroatoms. The Morgan fingerprint density at radius 1 is 1.47 bits per heavy atom. The topological polar surface area (TPSA) is 49.3 Å². The molecule has 17 heavy (non-hydrogen) atoms. The van der Waals surface area contributed by atoms with Crippen LogP contribution in [-0.4, -0.2) is 24.0 Å². The molecule has 2 N–H and O–H groups in total. The lowest BCUT2D eigenvalue weighted by atomic mass is 9.88. The molecule has 0 spiro atoms. The summed E-state index contributed by atoms with van der Waals surface area (Å²) in [6.45, 7) is 4.09. The molecule has 1 unspecified atom stereocenters. The molecule has 0 radical (unpaired) electrons. The highest BCUT2D eigenvalue weighted by atomic mass is 15.2. The second kappa shape index (κ2) is 4.35. The van der Waals surface area contributed by atoms with Crippen LogP contribution in [-0.2, 0) is 12.8 Å². The minimum Gasteiger partial charge on any atom is -0.354 e. The molecule has 0 bridgehead atoms. The van der Waals surface area contributed by atoms with E-state index in [-0.39, 0.29) is 0 Å². The van der Waals surface area contributed by atoms with Crippen molar-refractivity contribution in [3.63, 3.8) is 0 Å². The lowest BCUT2D eigenvalue weighted by molar-refractivity contribution is 0.492. The molecule has 0 saturated heterocycles. The van der Waals surface area contributed by atoms with Crippen molar-refractivity contribution < 1.29 is 0 Å². The smallest absolute Gasteiger partial charge is 0.195 e. The van der Waals surface area contributed by atoms with Crippen LogP contribution >= 0.6 is 0 Å². The highest BCUT2D eigenvalue weighted by Gasteiger charge is 2.16. The number of hydrogen-bond acceptors (Lipinski definition) is 4. The SMILES string of the molecule is CC1CCc2cc(NC3=NCCN3)cnc2C1. The molecule has 1 aromatic rings. The normalized spacial score (nSPS) is 22.6. The summed E-state index contributed by atoms with van der Waals surface area (Å²) in [4.78, 5) is 8.89. The number of anilines is 1. The maximum absolute atomic E-state index is 4.57. The average Bonchev–Trinajstić information content (AvgIpc) is 2.82. The number of aryl methyl sites for hydroxylation is 1. The Kier molecular flexibility index (Phi) is 2.71. The summed E-state index contributed by atoms with van der Waals surface area (Å²) < 4.78 is 0. The van der Waals surface area contributed by atoms with E-state index in [0.29, 0.717) is 0 Å². The molecule has 1 aromatic heterocycles. The van der Waals surface area contributed by atoms with Gasteiger partial charge < -0.3 is 10.6 Å². The summed E-state index contributed by atoms with van der Waals surface area (Å²) in [6.07, 6.45) is 5.46. The third-order valence-corrected chi connectivity index (χ3v) is 3.45. The first-order valence-corrected chi connectivity index (χ1v) is 6.34. The summed E-state index contributed by atoms with van der Waals surface area (Å²) in [5.41, 5.74) is 3.72. The fourth-order valence-electron chi connectivity index (χ4n) is 2.46. The molecular weight excluding hydrogens is 212 g/mol. The molecule has 0 aromatic carbocycles. The number of nitrogens with one attached hydrogen (secondary N) is 2. The molecule has 4 nitrogen and oxygen atoms in total. The van der Waals surface area contributed by atoms with E-state index >= 15 is 0 Å². The Morgan fingerprint density at radius 3 is 3.24 bits per heavy atom. The molecule has 0 saturated carbocycles. The van der Waals surface area contributed by atoms with Gasteiger partial charge in [0, 0.05) is 12.2 Å². The van der Waals surface area contributed by atoms with Gasteiger partial charge >= 0.3 is 0 Å². The van der Waals surface area contributed by atoms with Crippen molar-refractivity contribution in [3.05, 3.63) is 23.5 Å². The van der Waals surface area contributed by atoms with Gasteiger partial charge in [-0.3, -0.25) is 9.98 Å². The van der Waals surface area contributed by atoms with Crippen molar-refractivity contribution in [2.24, 2.45) is 10.9 Å². The Hall–Kier alpha value is -1.58. The second-order valence-corrected chi connectivity index (χ2v) is 4.96. The second-order valence-electron chi connectivity index (χ2n) is 4.96. The number of hydrogen-bond donors (Lipinski definition) is 2. The van der Waals surface area contributed by atoms with Gasteiger partial charge in [-0.15, -0.1) is 0 Å². The standard InChI is InChI=1S/C13H18N4/c1-9-2-3-10-7-11(8-16-12(10)6-9)17-13-14-4-5-15-13/h7-9H,2-6H2,1H3,(H2,14,15,17). The molecule has 1 atom stereocenters. The third-order valence-electron chi connectivity index (χ3n) is 3.45. The summed E-state index contributed by atoms with van der Waals surface area (Å²) >= 11 is 0. The van der Waals surface area contributed by atoms with Crippen LogP contribution in [0.25, 0.3) is 0 Å². The highest BCUT2D eigenvalue weighted by molar-refractivity contribution is 5.94. The van der Waals surface area contributed by atoms with Crippen LogP contribution in [0.2, 0.25) is 0 Å². The van der Waals surface area contributed by atoms with E-state index in [1.165, 1.54) is 17.7 Å². The Morgan fingerprint density at radius 2 is 2.41 bits per heavy atom. The molecule has 1 aliphatic carbocycles. The summed E-state index contributed by atoms with van der Waals surface area (Å²) in [5, 5.41) is 6.48. The predicted octanol–water partition coefficient (Wildman–Crippen LogP) is 1.58. The van der Waals surface area contributed by atoms with E-state index in [1.54, 1.807) is 0 Å². The van der Waals surface area contributed by atoms with Gasteiger partial charge in [-0.05, 0) is 36.8 Å². The van der Waals surface area contributed by atoms with E-state index in [4.69, 9.17) is 0 Å². The van der Waals surface area contributed by atoms with Crippen LogP contribution in [0.3, 0.4) is 0 Å². The number of aromatic nitrogens is 1. The first kappa shape index (κ1) is 10.6. The molecular formula is C13H18N4. The van der Waals surface area contributed by atoms with Gasteiger partial charge in [0.2, 0.25) is 0 Å². The largest absolute Gasteiger partial charge is 0.354 e. The van der Waals surface area contributed by atoms with Gasteiger partial charge in [0.1, 0.15) is 0 Å². The van der Waals surface area contributed by atoms with Gasteiger partial charge in [0.25, 0.3) is 0 Å². The average molecular weight is 230 g/mol. The number of guanidine groups is 1. The quantitative estimate of drug-likeness (QED) is 0.770. The maximum atomic E-state index is 4.57. The van der Waals surface area contributed by atoms with Crippen LogP contribution in [0.4, 0.5) is 5.69 Å². The molecule has 0 amide bonds. The first-order valence-electron chi connectivity index (χ1n) is 6.34. The third kappa shape index (κ3) is 2.25. The number of pyridine rings is 1. The fraction of sp³-hybridized carbons (Fsp3) is 0.538. The van der Waals surface area contributed by atoms with Crippen molar-refractivity contribution in [3.8, 4) is 0 Å². The van der Waals surface area contributed by atoms with Gasteiger partial charge in [0.05, 0.1) is 18.4 Å². The van der Waals surface area contributed by atoms with Crippen LogP contribution in [0, 0.1) is 5.92 Å². The van der Waals surface area contributed by atoms with E-state index < -0.39 is 0 Å². The van der Waals surface area contributed by atoms with Gasteiger partial charge in [-0.1, -0.05) is 6.92 Å². The number of nitrogens with zero attached hydrogens (tertiary/aromatic N) is 2. The zero-order chi connectivity index (χ0) is 11.7. The summed E-state index contributed by atoms with van der Waals surface area (Å²) in [5.74, 6) is 1.64. The van der Waals surface area contributed by atoms with Crippen molar-refractivity contribution in [2.75, 3.05) is 18.4 Å². The molecule has 3 rings (SSSR count).